The maximum absolute atomic E-state index is 11.6. The number of benzene rings is 1. The Kier molecular flexibility index (Phi) is 4.68. The van der Waals surface area contributed by atoms with Crippen molar-refractivity contribution in [2.45, 2.75) is 33.2 Å². The van der Waals surface area contributed by atoms with Crippen LogP contribution < -0.4 is 16.0 Å². The Morgan fingerprint density at radius 1 is 1.24 bits per heavy atom. The van der Waals surface area contributed by atoms with Gasteiger partial charge < -0.3 is 15.0 Å². The molecule has 0 aliphatic heterocycles. The zero-order chi connectivity index (χ0) is 15.4. The number of nitrogens with two attached hydrogens (primary N) is 1. The fourth-order valence-corrected chi connectivity index (χ4v) is 2.37. The number of nitrogen functional groups attached to an aromatic ring is 1. The number of nitrogens with zero attached hydrogens (tertiary/aromatic N) is 1. The van der Waals surface area contributed by atoms with Crippen molar-refractivity contribution in [1.29, 1.82) is 0 Å². The summed E-state index contributed by atoms with van der Waals surface area (Å²) < 4.78 is 7.28. The molecule has 0 fully saturated rings. The van der Waals surface area contributed by atoms with E-state index in [1.54, 1.807) is 16.8 Å². The first-order chi connectivity index (χ1) is 9.97. The molecule has 112 valence electrons. The first-order valence-corrected chi connectivity index (χ1v) is 7.16. The normalized spacial score (nSPS) is 10.9. The molecule has 4 heteroatoms. The Morgan fingerprint density at radius 2 is 2.00 bits per heavy atom. The van der Waals surface area contributed by atoms with Gasteiger partial charge >= 0.3 is 0 Å². The lowest BCUT2D eigenvalue weighted by Crippen LogP contribution is -2.22. The van der Waals surface area contributed by atoms with E-state index in [9.17, 15) is 4.79 Å². The molecule has 0 unspecified atom stereocenters. The van der Waals surface area contributed by atoms with Crippen LogP contribution in [0.2, 0.25) is 0 Å². The van der Waals surface area contributed by atoms with E-state index in [1.807, 2.05) is 12.1 Å². The van der Waals surface area contributed by atoms with Crippen LogP contribution in [0, 0.1) is 6.92 Å². The average Bonchev–Trinajstić information content (AvgIpc) is 2.42. The zero-order valence-electron chi connectivity index (χ0n) is 12.8. The maximum atomic E-state index is 11.6. The van der Waals surface area contributed by atoms with E-state index in [2.05, 4.69) is 26.8 Å². The van der Waals surface area contributed by atoms with Crippen LogP contribution in [-0.4, -0.2) is 11.2 Å². The van der Waals surface area contributed by atoms with Gasteiger partial charge in [0.1, 0.15) is 12.4 Å². The third kappa shape index (κ3) is 3.88. The summed E-state index contributed by atoms with van der Waals surface area (Å²) in [7, 11) is 0. The molecule has 1 heterocycles. The Hall–Kier alpha value is -2.23. The average molecular weight is 286 g/mol. The van der Waals surface area contributed by atoms with E-state index in [-0.39, 0.29) is 5.56 Å². The van der Waals surface area contributed by atoms with Gasteiger partial charge in [0, 0.05) is 18.0 Å². The number of rotatable bonds is 5. The van der Waals surface area contributed by atoms with E-state index >= 15 is 0 Å². The highest BCUT2D eigenvalue weighted by Gasteiger charge is 2.05. The first kappa shape index (κ1) is 15.2. The van der Waals surface area contributed by atoms with Crippen molar-refractivity contribution in [2.75, 3.05) is 12.3 Å². The van der Waals surface area contributed by atoms with Gasteiger partial charge in [-0.2, -0.15) is 0 Å². The van der Waals surface area contributed by atoms with Crippen LogP contribution in [0.15, 0.2) is 41.3 Å². The molecule has 0 saturated heterocycles. The second-order valence-electron chi connectivity index (χ2n) is 5.52. The topological polar surface area (TPSA) is 57.2 Å². The van der Waals surface area contributed by atoms with Crippen LogP contribution in [0.25, 0.3) is 0 Å². The number of hydrogen-bond acceptors (Lipinski definition) is 3. The van der Waals surface area contributed by atoms with E-state index in [4.69, 9.17) is 10.5 Å². The van der Waals surface area contributed by atoms with Crippen LogP contribution in [0.3, 0.4) is 0 Å². The SMILES string of the molecule is Cc1cc(OCCn2cc(N)ccc2=O)ccc1C(C)C. The summed E-state index contributed by atoms with van der Waals surface area (Å²) in [5.74, 6) is 1.33. The Bertz CT molecular complexity index is 675. The molecule has 1 aromatic carbocycles. The molecule has 0 saturated carbocycles. The molecular weight excluding hydrogens is 264 g/mol. The Labute approximate surface area is 125 Å². The third-order valence-electron chi connectivity index (χ3n) is 3.47. The molecule has 0 amide bonds. The van der Waals surface area contributed by atoms with Gasteiger partial charge in [0.15, 0.2) is 0 Å². The third-order valence-corrected chi connectivity index (χ3v) is 3.47. The predicted octanol–water partition coefficient (Wildman–Crippen LogP) is 2.94. The minimum absolute atomic E-state index is 0.0702. The molecule has 21 heavy (non-hydrogen) atoms. The maximum Gasteiger partial charge on any atom is 0.250 e. The largest absolute Gasteiger partial charge is 0.492 e. The fourth-order valence-electron chi connectivity index (χ4n) is 2.37. The van der Waals surface area contributed by atoms with Crippen LogP contribution in [0.5, 0.6) is 5.75 Å². The zero-order valence-corrected chi connectivity index (χ0v) is 12.8. The number of anilines is 1. The molecule has 0 radical (unpaired) electrons. The van der Waals surface area contributed by atoms with Gasteiger partial charge in [-0.15, -0.1) is 0 Å². The molecule has 0 aliphatic carbocycles. The molecule has 0 bridgehead atoms. The second kappa shape index (κ2) is 6.48. The summed E-state index contributed by atoms with van der Waals surface area (Å²) >= 11 is 0. The smallest absolute Gasteiger partial charge is 0.250 e. The predicted molar refractivity (Wildman–Crippen MR) is 85.9 cm³/mol. The van der Waals surface area contributed by atoms with Crippen molar-refractivity contribution in [2.24, 2.45) is 0 Å². The Morgan fingerprint density at radius 3 is 2.67 bits per heavy atom. The number of hydrogen-bond donors (Lipinski definition) is 1. The van der Waals surface area contributed by atoms with E-state index in [1.165, 1.54) is 17.2 Å². The highest BCUT2D eigenvalue weighted by Crippen LogP contribution is 2.23. The van der Waals surface area contributed by atoms with Crippen molar-refractivity contribution in [3.8, 4) is 5.75 Å². The van der Waals surface area contributed by atoms with Gasteiger partial charge in [0.2, 0.25) is 0 Å². The van der Waals surface area contributed by atoms with Crippen LogP contribution in [0.4, 0.5) is 5.69 Å². The summed E-state index contributed by atoms with van der Waals surface area (Å²) in [6, 6.07) is 9.19. The van der Waals surface area contributed by atoms with Crippen molar-refractivity contribution in [1.82, 2.24) is 4.57 Å². The van der Waals surface area contributed by atoms with E-state index < -0.39 is 0 Å². The monoisotopic (exact) mass is 286 g/mol. The molecule has 2 N–H and O–H groups in total. The van der Waals surface area contributed by atoms with E-state index in [0.717, 1.165) is 5.75 Å². The van der Waals surface area contributed by atoms with Gasteiger partial charge in [-0.25, -0.2) is 0 Å². The van der Waals surface area contributed by atoms with Crippen molar-refractivity contribution in [3.63, 3.8) is 0 Å². The minimum Gasteiger partial charge on any atom is -0.492 e. The lowest BCUT2D eigenvalue weighted by Gasteiger charge is -2.13. The second-order valence-corrected chi connectivity index (χ2v) is 5.52. The standard InChI is InChI=1S/C17H22N2O2/c1-12(2)16-6-5-15(10-13(16)3)21-9-8-19-11-14(18)4-7-17(19)20/h4-7,10-12H,8-9,18H2,1-3H3. The summed E-state index contributed by atoms with van der Waals surface area (Å²) in [6.07, 6.45) is 1.64. The number of aryl methyl sites for hydroxylation is 1. The summed E-state index contributed by atoms with van der Waals surface area (Å²) in [5, 5.41) is 0. The molecule has 0 aliphatic rings. The summed E-state index contributed by atoms with van der Waals surface area (Å²) in [6.45, 7) is 7.35. The van der Waals surface area contributed by atoms with E-state index in [0.29, 0.717) is 24.8 Å². The molecule has 4 nitrogen and oxygen atoms in total. The molecule has 2 aromatic rings. The highest BCUT2D eigenvalue weighted by molar-refractivity contribution is 5.36. The molecule has 0 atom stereocenters. The van der Waals surface area contributed by atoms with Gasteiger partial charge in [0.05, 0.1) is 6.54 Å². The van der Waals surface area contributed by atoms with Gasteiger partial charge in [-0.3, -0.25) is 4.79 Å². The van der Waals surface area contributed by atoms with Crippen LogP contribution >= 0.6 is 0 Å². The van der Waals surface area contributed by atoms with Gasteiger partial charge in [0.25, 0.3) is 5.56 Å². The molecule has 2 rings (SSSR count). The fraction of sp³-hybridized carbons (Fsp3) is 0.353. The molecule has 1 aromatic heterocycles. The van der Waals surface area contributed by atoms with Crippen molar-refractivity contribution >= 4 is 5.69 Å². The van der Waals surface area contributed by atoms with Crippen LogP contribution in [0.1, 0.15) is 30.9 Å². The number of pyridine rings is 1. The lowest BCUT2D eigenvalue weighted by atomic mass is 9.98. The highest BCUT2D eigenvalue weighted by atomic mass is 16.5. The number of aromatic nitrogens is 1. The minimum atomic E-state index is -0.0702. The quantitative estimate of drug-likeness (QED) is 0.919. The molecule has 0 spiro atoms. The summed E-state index contributed by atoms with van der Waals surface area (Å²) in [5.41, 5.74) is 8.73. The number of ether oxygens (including phenoxy) is 1. The van der Waals surface area contributed by atoms with Crippen LogP contribution in [-0.2, 0) is 6.54 Å². The molecular formula is C17H22N2O2. The van der Waals surface area contributed by atoms with Gasteiger partial charge in [-0.05, 0) is 42.2 Å². The first-order valence-electron chi connectivity index (χ1n) is 7.16. The Balaban J connectivity index is 1.99. The van der Waals surface area contributed by atoms with Crippen molar-refractivity contribution < 1.29 is 4.74 Å². The van der Waals surface area contributed by atoms with Crippen molar-refractivity contribution in [3.05, 3.63) is 58.0 Å². The summed E-state index contributed by atoms with van der Waals surface area (Å²) in [4.78, 5) is 11.6. The van der Waals surface area contributed by atoms with Gasteiger partial charge in [-0.1, -0.05) is 19.9 Å². The lowest BCUT2D eigenvalue weighted by molar-refractivity contribution is 0.296.